The molecule has 2 N–H and O–H groups in total. The Kier molecular flexibility index (Phi) is 3.89. The number of benzene rings is 2. The van der Waals surface area contributed by atoms with E-state index in [-0.39, 0.29) is 5.82 Å². The summed E-state index contributed by atoms with van der Waals surface area (Å²) in [7, 11) is 0. The molecule has 0 amide bonds. The standard InChI is InChI=1S/C23H20FN3/c24-18-11-9-16(10-12-18)22-20-4-2-1-3-19(20)21(27-22)15-5-7-17(8-6-15)23-25-13-14-26-23/h5-14,27H,1-4H2,(H,25,26). The van der Waals surface area contributed by atoms with Crippen molar-refractivity contribution in [2.45, 2.75) is 25.7 Å². The van der Waals surface area contributed by atoms with Crippen LogP contribution in [0.2, 0.25) is 0 Å². The minimum absolute atomic E-state index is 0.201. The van der Waals surface area contributed by atoms with Crippen molar-refractivity contribution in [2.75, 3.05) is 0 Å². The van der Waals surface area contributed by atoms with Crippen LogP contribution in [0.25, 0.3) is 33.9 Å². The fraction of sp³-hybridized carbons (Fsp3) is 0.174. The summed E-state index contributed by atoms with van der Waals surface area (Å²) >= 11 is 0. The van der Waals surface area contributed by atoms with Gasteiger partial charge >= 0.3 is 0 Å². The summed E-state index contributed by atoms with van der Waals surface area (Å²) in [6.07, 6.45) is 8.17. The number of nitrogens with zero attached hydrogens (tertiary/aromatic N) is 1. The quantitative estimate of drug-likeness (QED) is 0.481. The lowest BCUT2D eigenvalue weighted by molar-refractivity contribution is 0.628. The third kappa shape index (κ3) is 2.87. The first-order valence-electron chi connectivity index (χ1n) is 9.39. The highest BCUT2D eigenvalue weighted by atomic mass is 19.1. The Morgan fingerprint density at radius 1 is 0.741 bits per heavy atom. The maximum absolute atomic E-state index is 13.3. The fourth-order valence-electron chi connectivity index (χ4n) is 4.06. The van der Waals surface area contributed by atoms with Gasteiger partial charge in [-0.3, -0.25) is 0 Å². The average molecular weight is 357 g/mol. The van der Waals surface area contributed by atoms with Gasteiger partial charge in [-0.15, -0.1) is 0 Å². The molecule has 0 spiro atoms. The molecule has 3 nitrogen and oxygen atoms in total. The summed E-state index contributed by atoms with van der Waals surface area (Å²) in [5.41, 5.74) is 8.42. The Hall–Kier alpha value is -3.14. The molecule has 1 aliphatic carbocycles. The number of rotatable bonds is 3. The van der Waals surface area contributed by atoms with E-state index in [1.165, 1.54) is 47.4 Å². The van der Waals surface area contributed by atoms with Gasteiger partial charge in [0.25, 0.3) is 0 Å². The van der Waals surface area contributed by atoms with Crippen LogP contribution in [0.4, 0.5) is 4.39 Å². The normalized spacial score (nSPS) is 13.5. The van der Waals surface area contributed by atoms with E-state index < -0.39 is 0 Å². The van der Waals surface area contributed by atoms with Crippen molar-refractivity contribution in [1.82, 2.24) is 15.0 Å². The van der Waals surface area contributed by atoms with Crippen molar-refractivity contribution in [3.8, 4) is 33.9 Å². The lowest BCUT2D eigenvalue weighted by Crippen LogP contribution is -2.01. The molecule has 0 atom stereocenters. The van der Waals surface area contributed by atoms with E-state index in [1.54, 1.807) is 6.20 Å². The number of imidazole rings is 1. The second kappa shape index (κ2) is 6.54. The fourth-order valence-corrected chi connectivity index (χ4v) is 4.06. The van der Waals surface area contributed by atoms with Gasteiger partial charge in [0.15, 0.2) is 0 Å². The van der Waals surface area contributed by atoms with E-state index in [1.807, 2.05) is 18.3 Å². The number of fused-ring (bicyclic) bond motifs is 1. The Labute approximate surface area is 157 Å². The predicted octanol–water partition coefficient (Wildman–Crippen LogP) is 5.76. The molecule has 0 bridgehead atoms. The van der Waals surface area contributed by atoms with Gasteiger partial charge in [-0.2, -0.15) is 0 Å². The van der Waals surface area contributed by atoms with Gasteiger partial charge in [-0.1, -0.05) is 24.3 Å². The minimum atomic E-state index is -0.201. The van der Waals surface area contributed by atoms with Gasteiger partial charge in [0, 0.05) is 29.3 Å². The summed E-state index contributed by atoms with van der Waals surface area (Å²) in [5.74, 6) is 0.676. The van der Waals surface area contributed by atoms with Crippen molar-refractivity contribution in [3.05, 3.63) is 77.9 Å². The SMILES string of the molecule is Fc1ccc(-c2[nH]c(-c3ccc(-c4ncc[nH]4)cc3)c3c2CCCC3)cc1. The van der Waals surface area contributed by atoms with Crippen LogP contribution in [-0.4, -0.2) is 15.0 Å². The maximum Gasteiger partial charge on any atom is 0.137 e. The highest BCUT2D eigenvalue weighted by Crippen LogP contribution is 2.38. The van der Waals surface area contributed by atoms with Crippen molar-refractivity contribution in [1.29, 1.82) is 0 Å². The zero-order chi connectivity index (χ0) is 18.2. The molecule has 0 radical (unpaired) electrons. The van der Waals surface area contributed by atoms with Crippen LogP contribution in [0.5, 0.6) is 0 Å². The number of halogens is 1. The maximum atomic E-state index is 13.3. The molecule has 1 aliphatic rings. The van der Waals surface area contributed by atoms with Gasteiger partial charge in [0.2, 0.25) is 0 Å². The summed E-state index contributed by atoms with van der Waals surface area (Å²) in [6.45, 7) is 0. The summed E-state index contributed by atoms with van der Waals surface area (Å²) in [6, 6.07) is 15.3. The molecule has 0 saturated heterocycles. The zero-order valence-electron chi connectivity index (χ0n) is 14.9. The smallest absolute Gasteiger partial charge is 0.137 e. The number of hydrogen-bond acceptors (Lipinski definition) is 1. The van der Waals surface area contributed by atoms with Gasteiger partial charge in [-0.25, -0.2) is 9.37 Å². The van der Waals surface area contributed by atoms with Crippen molar-refractivity contribution in [2.24, 2.45) is 0 Å². The summed E-state index contributed by atoms with van der Waals surface area (Å²) in [4.78, 5) is 11.1. The Morgan fingerprint density at radius 3 is 1.85 bits per heavy atom. The highest BCUT2D eigenvalue weighted by molar-refractivity contribution is 5.77. The summed E-state index contributed by atoms with van der Waals surface area (Å²) < 4.78 is 13.3. The van der Waals surface area contributed by atoms with Crippen molar-refractivity contribution in [3.63, 3.8) is 0 Å². The van der Waals surface area contributed by atoms with Crippen LogP contribution >= 0.6 is 0 Å². The van der Waals surface area contributed by atoms with Gasteiger partial charge in [0.1, 0.15) is 11.6 Å². The predicted molar refractivity (Wildman–Crippen MR) is 106 cm³/mol. The number of aromatic amines is 2. The first-order chi connectivity index (χ1) is 13.3. The topological polar surface area (TPSA) is 44.5 Å². The van der Waals surface area contributed by atoms with E-state index in [0.29, 0.717) is 0 Å². The van der Waals surface area contributed by atoms with E-state index in [0.717, 1.165) is 35.5 Å². The van der Waals surface area contributed by atoms with Gasteiger partial charge in [-0.05, 0) is 72.2 Å². The van der Waals surface area contributed by atoms with Crippen LogP contribution in [-0.2, 0) is 12.8 Å². The molecule has 0 aliphatic heterocycles. The second-order valence-electron chi connectivity index (χ2n) is 7.06. The third-order valence-corrected chi connectivity index (χ3v) is 5.40. The molecule has 2 aromatic carbocycles. The van der Waals surface area contributed by atoms with E-state index in [2.05, 4.69) is 39.2 Å². The molecule has 5 rings (SSSR count). The average Bonchev–Trinajstić information content (AvgIpc) is 3.37. The Balaban J connectivity index is 1.59. The molecule has 27 heavy (non-hydrogen) atoms. The zero-order valence-corrected chi connectivity index (χ0v) is 14.9. The van der Waals surface area contributed by atoms with Crippen LogP contribution in [0, 0.1) is 5.82 Å². The van der Waals surface area contributed by atoms with Crippen molar-refractivity contribution < 1.29 is 4.39 Å². The van der Waals surface area contributed by atoms with Crippen LogP contribution < -0.4 is 0 Å². The number of hydrogen-bond donors (Lipinski definition) is 2. The van der Waals surface area contributed by atoms with Crippen LogP contribution in [0.15, 0.2) is 60.9 Å². The minimum Gasteiger partial charge on any atom is -0.354 e. The van der Waals surface area contributed by atoms with Gasteiger partial charge in [0.05, 0.1) is 0 Å². The largest absolute Gasteiger partial charge is 0.354 e. The lowest BCUT2D eigenvalue weighted by Gasteiger charge is -2.14. The van der Waals surface area contributed by atoms with E-state index in [9.17, 15) is 4.39 Å². The molecule has 2 aromatic heterocycles. The van der Waals surface area contributed by atoms with Crippen LogP contribution in [0.1, 0.15) is 24.0 Å². The molecular formula is C23H20FN3. The molecule has 2 heterocycles. The molecular weight excluding hydrogens is 337 g/mol. The molecule has 134 valence electrons. The Morgan fingerprint density at radius 2 is 1.30 bits per heavy atom. The first kappa shape index (κ1) is 16.1. The lowest BCUT2D eigenvalue weighted by atomic mass is 9.89. The highest BCUT2D eigenvalue weighted by Gasteiger charge is 2.22. The molecule has 0 fully saturated rings. The number of aromatic nitrogens is 3. The summed E-state index contributed by atoms with van der Waals surface area (Å²) in [5, 5.41) is 0. The number of H-pyrrole nitrogens is 2. The van der Waals surface area contributed by atoms with Gasteiger partial charge < -0.3 is 9.97 Å². The number of nitrogens with one attached hydrogen (secondary N) is 2. The monoisotopic (exact) mass is 357 g/mol. The van der Waals surface area contributed by atoms with Crippen LogP contribution in [0.3, 0.4) is 0 Å². The third-order valence-electron chi connectivity index (χ3n) is 5.40. The second-order valence-corrected chi connectivity index (χ2v) is 7.06. The van der Waals surface area contributed by atoms with E-state index in [4.69, 9.17) is 0 Å². The molecule has 4 aromatic rings. The molecule has 0 saturated carbocycles. The first-order valence-corrected chi connectivity index (χ1v) is 9.39. The molecule has 0 unspecified atom stereocenters. The van der Waals surface area contributed by atoms with E-state index >= 15 is 0 Å². The van der Waals surface area contributed by atoms with Crippen molar-refractivity contribution >= 4 is 0 Å². The molecule has 4 heteroatoms. The Bertz CT molecular complexity index is 1060.